The van der Waals surface area contributed by atoms with Crippen LogP contribution in [0.3, 0.4) is 0 Å². The number of hydrogen-bond acceptors (Lipinski definition) is 2. The highest BCUT2D eigenvalue weighted by atomic mass is 35.5. The van der Waals surface area contributed by atoms with Gasteiger partial charge in [-0.2, -0.15) is 0 Å². The van der Waals surface area contributed by atoms with Crippen LogP contribution in [-0.4, -0.2) is 11.2 Å². The number of hydrogen-bond donors (Lipinski definition) is 1. The monoisotopic (exact) mass is 323 g/mol. The predicted molar refractivity (Wildman–Crippen MR) is 86.5 cm³/mol. The van der Waals surface area contributed by atoms with Crippen LogP contribution in [0.15, 0.2) is 47.4 Å². The minimum atomic E-state index is -0.416. The van der Waals surface area contributed by atoms with Gasteiger partial charge in [0.15, 0.2) is 0 Å². The number of amides is 1. The Labute approximate surface area is 132 Å². The van der Waals surface area contributed by atoms with E-state index in [0.717, 1.165) is 5.56 Å². The standard InChI is InChI=1S/C16H15ClFNOS/c1-10-7-8-12(17)9-14(10)19-16(20)11(2)21-15-6-4-3-5-13(15)18/h3-9,11H,1-2H3,(H,19,20). The molecule has 1 amide bonds. The molecule has 0 bridgehead atoms. The summed E-state index contributed by atoms with van der Waals surface area (Å²) in [6.07, 6.45) is 0. The highest BCUT2D eigenvalue weighted by Crippen LogP contribution is 2.27. The third kappa shape index (κ3) is 4.22. The molecule has 0 aliphatic carbocycles. The van der Waals surface area contributed by atoms with Crippen LogP contribution in [0.4, 0.5) is 10.1 Å². The van der Waals surface area contributed by atoms with E-state index in [1.807, 2.05) is 13.0 Å². The average Bonchev–Trinajstić information content (AvgIpc) is 2.45. The maximum absolute atomic E-state index is 13.6. The Morgan fingerprint density at radius 1 is 1.29 bits per heavy atom. The third-order valence-electron chi connectivity index (χ3n) is 2.97. The highest BCUT2D eigenvalue weighted by Gasteiger charge is 2.17. The van der Waals surface area contributed by atoms with Gasteiger partial charge < -0.3 is 5.32 Å². The number of halogens is 2. The molecule has 0 heterocycles. The molecule has 2 aromatic rings. The number of carbonyl (C=O) groups is 1. The van der Waals surface area contributed by atoms with Gasteiger partial charge in [0.1, 0.15) is 5.82 Å². The molecule has 0 saturated carbocycles. The van der Waals surface area contributed by atoms with Crippen molar-refractivity contribution in [3.8, 4) is 0 Å². The first-order chi connectivity index (χ1) is 9.97. The molecule has 0 saturated heterocycles. The summed E-state index contributed by atoms with van der Waals surface area (Å²) in [6.45, 7) is 3.63. The number of anilines is 1. The Bertz CT molecular complexity index is 662. The zero-order valence-corrected chi connectivity index (χ0v) is 13.3. The van der Waals surface area contributed by atoms with E-state index in [-0.39, 0.29) is 11.7 Å². The van der Waals surface area contributed by atoms with Crippen molar-refractivity contribution >= 4 is 35.0 Å². The van der Waals surface area contributed by atoms with Gasteiger partial charge in [-0.3, -0.25) is 4.79 Å². The fourth-order valence-corrected chi connectivity index (χ4v) is 2.80. The molecule has 2 aromatic carbocycles. The zero-order chi connectivity index (χ0) is 15.4. The molecular weight excluding hydrogens is 309 g/mol. The van der Waals surface area contributed by atoms with Gasteiger partial charge in [-0.15, -0.1) is 11.8 Å². The maximum Gasteiger partial charge on any atom is 0.237 e. The number of carbonyl (C=O) groups excluding carboxylic acids is 1. The number of nitrogens with one attached hydrogen (secondary N) is 1. The lowest BCUT2D eigenvalue weighted by Crippen LogP contribution is -2.22. The van der Waals surface area contributed by atoms with E-state index in [1.165, 1.54) is 17.8 Å². The number of rotatable bonds is 4. The maximum atomic E-state index is 13.6. The Morgan fingerprint density at radius 2 is 2.00 bits per heavy atom. The van der Waals surface area contributed by atoms with Crippen molar-refractivity contribution in [1.29, 1.82) is 0 Å². The summed E-state index contributed by atoms with van der Waals surface area (Å²) in [6, 6.07) is 11.7. The molecule has 21 heavy (non-hydrogen) atoms. The Hall–Kier alpha value is -1.52. The summed E-state index contributed by atoms with van der Waals surface area (Å²) in [4.78, 5) is 12.7. The molecule has 1 N–H and O–H groups in total. The second-order valence-corrected chi connectivity index (χ2v) is 6.46. The van der Waals surface area contributed by atoms with Gasteiger partial charge in [0, 0.05) is 15.6 Å². The van der Waals surface area contributed by atoms with Crippen LogP contribution >= 0.6 is 23.4 Å². The first-order valence-electron chi connectivity index (χ1n) is 6.45. The average molecular weight is 324 g/mol. The van der Waals surface area contributed by atoms with Crippen LogP contribution in [0.25, 0.3) is 0 Å². The van der Waals surface area contributed by atoms with Gasteiger partial charge >= 0.3 is 0 Å². The minimum absolute atomic E-state index is 0.186. The zero-order valence-electron chi connectivity index (χ0n) is 11.7. The van der Waals surface area contributed by atoms with Crippen LogP contribution in [-0.2, 0) is 4.79 Å². The van der Waals surface area contributed by atoms with Crippen molar-refractivity contribution < 1.29 is 9.18 Å². The second kappa shape index (κ2) is 6.96. The largest absolute Gasteiger partial charge is 0.325 e. The normalized spacial score (nSPS) is 12.0. The summed E-state index contributed by atoms with van der Waals surface area (Å²) in [5.41, 5.74) is 1.60. The molecule has 0 fully saturated rings. The molecule has 1 atom stereocenters. The Morgan fingerprint density at radius 3 is 2.71 bits per heavy atom. The summed E-state index contributed by atoms with van der Waals surface area (Å²) in [7, 11) is 0. The van der Waals surface area contributed by atoms with E-state index in [2.05, 4.69) is 5.32 Å². The minimum Gasteiger partial charge on any atom is -0.325 e. The van der Waals surface area contributed by atoms with Gasteiger partial charge in [-0.1, -0.05) is 29.8 Å². The SMILES string of the molecule is Cc1ccc(Cl)cc1NC(=O)C(C)Sc1ccccc1F. The lowest BCUT2D eigenvalue weighted by Gasteiger charge is -2.14. The van der Waals surface area contributed by atoms with Crippen molar-refractivity contribution in [2.75, 3.05) is 5.32 Å². The van der Waals surface area contributed by atoms with E-state index in [1.54, 1.807) is 37.3 Å². The molecule has 5 heteroatoms. The van der Waals surface area contributed by atoms with Crippen LogP contribution in [0.5, 0.6) is 0 Å². The third-order valence-corrected chi connectivity index (χ3v) is 4.35. The molecule has 0 radical (unpaired) electrons. The molecule has 0 aliphatic rings. The van der Waals surface area contributed by atoms with Gasteiger partial charge in [-0.25, -0.2) is 4.39 Å². The molecule has 0 aliphatic heterocycles. The van der Waals surface area contributed by atoms with Crippen molar-refractivity contribution in [3.63, 3.8) is 0 Å². The molecular formula is C16H15ClFNOS. The van der Waals surface area contributed by atoms with Crippen LogP contribution < -0.4 is 5.32 Å². The summed E-state index contributed by atoms with van der Waals surface area (Å²) >= 11 is 7.11. The lowest BCUT2D eigenvalue weighted by molar-refractivity contribution is -0.115. The Kier molecular flexibility index (Phi) is 5.26. The first-order valence-corrected chi connectivity index (χ1v) is 7.71. The van der Waals surface area contributed by atoms with Gasteiger partial charge in [0.2, 0.25) is 5.91 Å². The van der Waals surface area contributed by atoms with Crippen molar-refractivity contribution in [3.05, 3.63) is 58.9 Å². The van der Waals surface area contributed by atoms with E-state index < -0.39 is 5.25 Å². The quantitative estimate of drug-likeness (QED) is 0.810. The number of aryl methyl sites for hydroxylation is 1. The summed E-state index contributed by atoms with van der Waals surface area (Å²) in [5, 5.41) is 2.97. The van der Waals surface area contributed by atoms with Gasteiger partial charge in [-0.05, 0) is 43.7 Å². The first kappa shape index (κ1) is 15.9. The summed E-state index contributed by atoms with van der Waals surface area (Å²) < 4.78 is 13.6. The topological polar surface area (TPSA) is 29.1 Å². The fraction of sp³-hybridized carbons (Fsp3) is 0.188. The van der Waals surface area contributed by atoms with Crippen molar-refractivity contribution in [1.82, 2.24) is 0 Å². The lowest BCUT2D eigenvalue weighted by atomic mass is 10.2. The fourth-order valence-electron chi connectivity index (χ4n) is 1.75. The molecule has 2 rings (SSSR count). The van der Waals surface area contributed by atoms with E-state index in [0.29, 0.717) is 15.6 Å². The number of thioether (sulfide) groups is 1. The van der Waals surface area contributed by atoms with E-state index >= 15 is 0 Å². The van der Waals surface area contributed by atoms with Crippen molar-refractivity contribution in [2.45, 2.75) is 24.0 Å². The molecule has 0 aromatic heterocycles. The van der Waals surface area contributed by atoms with E-state index in [4.69, 9.17) is 11.6 Å². The van der Waals surface area contributed by atoms with E-state index in [9.17, 15) is 9.18 Å². The van der Waals surface area contributed by atoms with Crippen molar-refractivity contribution in [2.24, 2.45) is 0 Å². The highest BCUT2D eigenvalue weighted by molar-refractivity contribution is 8.00. The van der Waals surface area contributed by atoms with Crippen LogP contribution in [0.1, 0.15) is 12.5 Å². The summed E-state index contributed by atoms with van der Waals surface area (Å²) in [5.74, 6) is -0.505. The molecule has 1 unspecified atom stereocenters. The van der Waals surface area contributed by atoms with Gasteiger partial charge in [0.05, 0.1) is 5.25 Å². The number of benzene rings is 2. The second-order valence-electron chi connectivity index (χ2n) is 4.64. The predicted octanol–water partition coefficient (Wildman–Crippen LogP) is 4.91. The van der Waals surface area contributed by atoms with Crippen LogP contribution in [0.2, 0.25) is 5.02 Å². The smallest absolute Gasteiger partial charge is 0.237 e. The molecule has 0 spiro atoms. The molecule has 110 valence electrons. The Balaban J connectivity index is 2.06. The van der Waals surface area contributed by atoms with Crippen LogP contribution in [0, 0.1) is 12.7 Å². The van der Waals surface area contributed by atoms with Gasteiger partial charge in [0.25, 0.3) is 0 Å². The molecule has 2 nitrogen and oxygen atoms in total.